The minimum Gasteiger partial charge on any atom is -0.473 e. The van der Waals surface area contributed by atoms with Crippen molar-refractivity contribution in [3.05, 3.63) is 28.4 Å². The van der Waals surface area contributed by atoms with Crippen LogP contribution >= 0.6 is 0 Å². The Hall–Kier alpha value is -2.75. The Kier molecular flexibility index (Phi) is 11.2. The van der Waals surface area contributed by atoms with Crippen molar-refractivity contribution in [1.29, 1.82) is 0 Å². The second kappa shape index (κ2) is 13.4. The van der Waals surface area contributed by atoms with E-state index in [9.17, 15) is 10.1 Å². The van der Waals surface area contributed by atoms with E-state index in [0.29, 0.717) is 5.82 Å². The summed E-state index contributed by atoms with van der Waals surface area (Å²) in [5.41, 5.74) is 0.0308. The van der Waals surface area contributed by atoms with Crippen LogP contribution in [0.3, 0.4) is 0 Å². The minimum absolute atomic E-state index is 0.0308. The molecule has 0 aliphatic carbocycles. The summed E-state index contributed by atoms with van der Waals surface area (Å²) in [5, 5.41) is 28.5. The molecule has 0 amide bonds. The summed E-state index contributed by atoms with van der Waals surface area (Å²) in [7, 11) is 0. The van der Waals surface area contributed by atoms with Crippen LogP contribution in [-0.2, 0) is 9.59 Å². The Morgan fingerprint density at radius 3 is 2.25 bits per heavy atom. The number of hydrogen-bond donors (Lipinski definition) is 3. The molecule has 0 bridgehead atoms. The van der Waals surface area contributed by atoms with E-state index in [1.807, 2.05) is 0 Å². The van der Waals surface area contributed by atoms with Gasteiger partial charge in [0.05, 0.1) is 4.92 Å². The van der Waals surface area contributed by atoms with Gasteiger partial charge in [-0.15, -0.1) is 0 Å². The molecule has 1 aliphatic heterocycles. The maximum absolute atomic E-state index is 10.5. The van der Waals surface area contributed by atoms with Gasteiger partial charge in [-0.3, -0.25) is 10.1 Å². The Bertz CT molecular complexity index is 605. The SMILES string of the molecule is O=C(O)C(=O)O.O=[N+]([O-])c1ccc(NCCCCCCN2CCCCC2)nc1. The molecule has 28 heavy (non-hydrogen) atoms. The summed E-state index contributed by atoms with van der Waals surface area (Å²) in [6.45, 7) is 4.69. The molecule has 0 aromatic carbocycles. The molecular formula is C18H28N4O6. The van der Waals surface area contributed by atoms with Gasteiger partial charge < -0.3 is 20.4 Å². The molecule has 0 unspecified atom stereocenters. The van der Waals surface area contributed by atoms with E-state index in [0.717, 1.165) is 13.0 Å². The molecule has 10 heteroatoms. The van der Waals surface area contributed by atoms with Crippen LogP contribution in [0.25, 0.3) is 0 Å². The van der Waals surface area contributed by atoms with Gasteiger partial charge in [0.1, 0.15) is 12.0 Å². The first kappa shape index (κ1) is 23.3. The van der Waals surface area contributed by atoms with Crippen LogP contribution in [-0.4, -0.2) is 63.1 Å². The summed E-state index contributed by atoms with van der Waals surface area (Å²) < 4.78 is 0. The molecule has 3 N–H and O–H groups in total. The van der Waals surface area contributed by atoms with Crippen LogP contribution in [0.5, 0.6) is 0 Å². The van der Waals surface area contributed by atoms with Crippen LogP contribution in [0.4, 0.5) is 11.5 Å². The number of aromatic nitrogens is 1. The smallest absolute Gasteiger partial charge is 0.414 e. The number of nitrogens with zero attached hydrogens (tertiary/aromatic N) is 3. The fraction of sp³-hybridized carbons (Fsp3) is 0.611. The number of unbranched alkanes of at least 4 members (excludes halogenated alkanes) is 3. The average molecular weight is 396 g/mol. The van der Waals surface area contributed by atoms with Crippen molar-refractivity contribution in [1.82, 2.24) is 9.88 Å². The third-order valence-corrected chi connectivity index (χ3v) is 4.30. The highest BCUT2D eigenvalue weighted by atomic mass is 16.6. The molecule has 10 nitrogen and oxygen atoms in total. The zero-order chi connectivity index (χ0) is 20.8. The Balaban J connectivity index is 0.000000568. The van der Waals surface area contributed by atoms with E-state index in [-0.39, 0.29) is 5.69 Å². The number of nitrogens with one attached hydrogen (secondary N) is 1. The number of pyridine rings is 1. The summed E-state index contributed by atoms with van der Waals surface area (Å²) in [4.78, 5) is 34.9. The maximum atomic E-state index is 10.5. The number of piperidine rings is 1. The van der Waals surface area contributed by atoms with Crippen LogP contribution < -0.4 is 5.32 Å². The molecule has 2 rings (SSSR count). The first-order chi connectivity index (χ1) is 13.4. The molecule has 1 saturated heterocycles. The van der Waals surface area contributed by atoms with Gasteiger partial charge in [0.25, 0.3) is 5.69 Å². The summed E-state index contributed by atoms with van der Waals surface area (Å²) in [6, 6.07) is 3.14. The van der Waals surface area contributed by atoms with Gasteiger partial charge in [0.15, 0.2) is 0 Å². The maximum Gasteiger partial charge on any atom is 0.414 e. The number of aliphatic carboxylic acids is 2. The lowest BCUT2D eigenvalue weighted by Crippen LogP contribution is -2.30. The number of carboxylic acid groups (broad SMARTS) is 2. The van der Waals surface area contributed by atoms with Crippen LogP contribution in [0.2, 0.25) is 0 Å². The monoisotopic (exact) mass is 396 g/mol. The van der Waals surface area contributed by atoms with Gasteiger partial charge in [-0.1, -0.05) is 19.3 Å². The molecule has 1 fully saturated rings. The van der Waals surface area contributed by atoms with Gasteiger partial charge >= 0.3 is 11.9 Å². The summed E-state index contributed by atoms with van der Waals surface area (Å²) >= 11 is 0. The fourth-order valence-corrected chi connectivity index (χ4v) is 2.81. The zero-order valence-corrected chi connectivity index (χ0v) is 15.9. The van der Waals surface area contributed by atoms with E-state index < -0.39 is 16.9 Å². The van der Waals surface area contributed by atoms with Crippen molar-refractivity contribution >= 4 is 23.4 Å². The second-order valence-electron chi connectivity index (χ2n) is 6.51. The van der Waals surface area contributed by atoms with Crippen molar-refractivity contribution in [2.24, 2.45) is 0 Å². The second-order valence-corrected chi connectivity index (χ2v) is 6.51. The van der Waals surface area contributed by atoms with Gasteiger partial charge in [-0.25, -0.2) is 14.6 Å². The number of carboxylic acids is 2. The molecule has 1 aliphatic rings. The highest BCUT2D eigenvalue weighted by Crippen LogP contribution is 2.12. The summed E-state index contributed by atoms with van der Waals surface area (Å²) in [5.74, 6) is -2.94. The van der Waals surface area contributed by atoms with Crippen LogP contribution in [0.1, 0.15) is 44.9 Å². The van der Waals surface area contributed by atoms with E-state index in [1.165, 1.54) is 70.4 Å². The molecule has 156 valence electrons. The minimum atomic E-state index is -1.82. The van der Waals surface area contributed by atoms with Crippen LogP contribution in [0.15, 0.2) is 18.3 Å². The largest absolute Gasteiger partial charge is 0.473 e. The first-order valence-corrected chi connectivity index (χ1v) is 9.43. The van der Waals surface area contributed by atoms with Gasteiger partial charge in [-0.2, -0.15) is 0 Å². The first-order valence-electron chi connectivity index (χ1n) is 9.43. The number of rotatable bonds is 9. The Morgan fingerprint density at radius 2 is 1.71 bits per heavy atom. The predicted molar refractivity (Wildman–Crippen MR) is 103 cm³/mol. The molecule has 2 heterocycles. The van der Waals surface area contributed by atoms with E-state index in [4.69, 9.17) is 19.8 Å². The molecule has 0 saturated carbocycles. The number of hydrogen-bond acceptors (Lipinski definition) is 7. The van der Waals surface area contributed by atoms with Gasteiger partial charge in [0.2, 0.25) is 0 Å². The average Bonchev–Trinajstić information content (AvgIpc) is 2.69. The molecule has 0 spiro atoms. The lowest BCUT2D eigenvalue weighted by Gasteiger charge is -2.26. The number of carbonyl (C=O) groups is 2. The molecule has 1 aromatic rings. The Labute approximate surface area is 163 Å². The third kappa shape index (κ3) is 10.4. The third-order valence-electron chi connectivity index (χ3n) is 4.30. The predicted octanol–water partition coefficient (Wildman–Crippen LogP) is 2.60. The van der Waals surface area contributed by atoms with Gasteiger partial charge in [-0.05, 0) is 51.4 Å². The molecule has 1 aromatic heterocycles. The number of nitro groups is 1. The normalized spacial score (nSPS) is 13.9. The van der Waals surface area contributed by atoms with E-state index >= 15 is 0 Å². The molecular weight excluding hydrogens is 368 g/mol. The fourth-order valence-electron chi connectivity index (χ4n) is 2.81. The number of likely N-dealkylation sites (tertiary alicyclic amines) is 1. The van der Waals surface area contributed by atoms with E-state index in [2.05, 4.69) is 15.2 Å². The lowest BCUT2D eigenvalue weighted by molar-refractivity contribution is -0.385. The van der Waals surface area contributed by atoms with E-state index in [1.54, 1.807) is 6.07 Å². The topological polar surface area (TPSA) is 146 Å². The lowest BCUT2D eigenvalue weighted by atomic mass is 10.1. The van der Waals surface area contributed by atoms with Crippen molar-refractivity contribution in [3.63, 3.8) is 0 Å². The van der Waals surface area contributed by atoms with Crippen molar-refractivity contribution in [2.75, 3.05) is 31.5 Å². The van der Waals surface area contributed by atoms with Crippen molar-refractivity contribution in [3.8, 4) is 0 Å². The van der Waals surface area contributed by atoms with Crippen LogP contribution in [0, 0.1) is 10.1 Å². The summed E-state index contributed by atoms with van der Waals surface area (Å²) in [6.07, 6.45) is 10.3. The quantitative estimate of drug-likeness (QED) is 0.248. The number of anilines is 1. The standard InChI is InChI=1S/C16H26N4O2.C2H2O4/c21-20(22)15-8-9-16(18-14-15)17-10-4-1-2-5-11-19-12-6-3-7-13-19;3-1(4)2(5)6/h8-9,14H,1-7,10-13H2,(H,17,18);(H,3,4)(H,5,6). The van der Waals surface area contributed by atoms with Gasteiger partial charge in [0, 0.05) is 12.6 Å². The molecule has 0 radical (unpaired) electrons. The Morgan fingerprint density at radius 1 is 1.07 bits per heavy atom. The zero-order valence-electron chi connectivity index (χ0n) is 15.9. The highest BCUT2D eigenvalue weighted by molar-refractivity contribution is 6.27. The molecule has 0 atom stereocenters. The highest BCUT2D eigenvalue weighted by Gasteiger charge is 2.08. The van der Waals surface area contributed by atoms with Crippen molar-refractivity contribution in [2.45, 2.75) is 44.9 Å². The van der Waals surface area contributed by atoms with Crippen molar-refractivity contribution < 1.29 is 24.7 Å².